The van der Waals surface area contributed by atoms with Crippen LogP contribution in [0.4, 0.5) is 10.5 Å². The molecule has 4 nitrogen and oxygen atoms in total. The van der Waals surface area contributed by atoms with Crippen molar-refractivity contribution >= 4 is 52.2 Å². The molecular weight excluding hydrogens is 429 g/mol. The van der Waals surface area contributed by atoms with E-state index in [1.165, 1.54) is 5.01 Å². The third-order valence-corrected chi connectivity index (χ3v) is 5.29. The van der Waals surface area contributed by atoms with Gasteiger partial charge in [-0.05, 0) is 41.5 Å². The van der Waals surface area contributed by atoms with Crippen molar-refractivity contribution in [1.29, 1.82) is 0 Å². The number of urea groups is 1. The van der Waals surface area contributed by atoms with Crippen molar-refractivity contribution in [3.8, 4) is 0 Å². The van der Waals surface area contributed by atoms with Gasteiger partial charge >= 0.3 is 6.03 Å². The predicted molar refractivity (Wildman–Crippen MR) is 119 cm³/mol. The molecule has 0 aromatic heterocycles. The van der Waals surface area contributed by atoms with Gasteiger partial charge in [0.1, 0.15) is 0 Å². The Kier molecular flexibility index (Phi) is 5.76. The quantitative estimate of drug-likeness (QED) is 0.481. The van der Waals surface area contributed by atoms with Crippen LogP contribution in [0.25, 0.3) is 0 Å². The molecule has 0 spiro atoms. The number of benzene rings is 3. The first kappa shape index (κ1) is 19.8. The van der Waals surface area contributed by atoms with E-state index in [0.717, 1.165) is 16.8 Å². The second-order valence-corrected chi connectivity index (χ2v) is 7.94. The van der Waals surface area contributed by atoms with Gasteiger partial charge in [0.15, 0.2) is 0 Å². The number of amides is 2. The van der Waals surface area contributed by atoms with E-state index < -0.39 is 0 Å². The van der Waals surface area contributed by atoms with Crippen LogP contribution in [0.2, 0.25) is 15.1 Å². The first-order chi connectivity index (χ1) is 14.0. The summed E-state index contributed by atoms with van der Waals surface area (Å²) in [5, 5.41) is 10.4. The molecule has 29 heavy (non-hydrogen) atoms. The fourth-order valence-corrected chi connectivity index (χ4v) is 3.92. The molecule has 0 radical (unpaired) electrons. The standard InChI is InChI=1S/C22H16Cl3N3O/c23-16-8-6-15(7-9-16)21-20(14-4-2-1-3-5-14)13-28(27-21)22(29)26-19-11-17(24)10-18(25)12-19/h1-12,20H,13H2,(H,26,29). The number of rotatable bonds is 3. The summed E-state index contributed by atoms with van der Waals surface area (Å²) in [6, 6.07) is 22.0. The summed E-state index contributed by atoms with van der Waals surface area (Å²) in [6.45, 7) is 0.419. The van der Waals surface area contributed by atoms with Crippen LogP contribution in [-0.4, -0.2) is 23.3 Å². The Balaban J connectivity index is 1.63. The SMILES string of the molecule is O=C(Nc1cc(Cl)cc(Cl)c1)N1CC(c2ccccc2)C(c2ccc(Cl)cc2)=N1. The molecule has 0 aliphatic carbocycles. The number of nitrogens with zero attached hydrogens (tertiary/aromatic N) is 2. The van der Waals surface area contributed by atoms with Gasteiger partial charge in [-0.1, -0.05) is 77.3 Å². The highest BCUT2D eigenvalue weighted by Crippen LogP contribution is 2.30. The Labute approximate surface area is 183 Å². The van der Waals surface area contributed by atoms with Crippen molar-refractivity contribution in [2.45, 2.75) is 5.92 Å². The van der Waals surface area contributed by atoms with Gasteiger partial charge < -0.3 is 5.32 Å². The molecule has 0 bridgehead atoms. The maximum Gasteiger partial charge on any atom is 0.342 e. The summed E-state index contributed by atoms with van der Waals surface area (Å²) in [4.78, 5) is 12.8. The molecule has 0 saturated carbocycles. The van der Waals surface area contributed by atoms with Crippen molar-refractivity contribution in [3.05, 3.63) is 99.0 Å². The fraction of sp³-hybridized carbons (Fsp3) is 0.0909. The number of carbonyl (C=O) groups is 1. The van der Waals surface area contributed by atoms with Crippen molar-refractivity contribution in [3.63, 3.8) is 0 Å². The number of anilines is 1. The van der Waals surface area contributed by atoms with Gasteiger partial charge in [-0.15, -0.1) is 0 Å². The molecule has 1 atom stereocenters. The van der Waals surface area contributed by atoms with Crippen molar-refractivity contribution in [2.24, 2.45) is 5.10 Å². The molecule has 3 aromatic carbocycles. The van der Waals surface area contributed by atoms with Gasteiger partial charge in [-0.3, -0.25) is 0 Å². The number of hydrazone groups is 1. The summed E-state index contributed by atoms with van der Waals surface area (Å²) in [7, 11) is 0. The minimum atomic E-state index is -0.353. The minimum Gasteiger partial charge on any atom is -0.306 e. The lowest BCUT2D eigenvalue weighted by atomic mass is 9.91. The lowest BCUT2D eigenvalue weighted by Crippen LogP contribution is -2.30. The third-order valence-electron chi connectivity index (χ3n) is 4.60. The molecule has 1 aliphatic rings. The molecule has 1 aliphatic heterocycles. The summed E-state index contributed by atoms with van der Waals surface area (Å²) in [6.07, 6.45) is 0. The first-order valence-corrected chi connectivity index (χ1v) is 10.1. The molecular formula is C22H16Cl3N3O. The topological polar surface area (TPSA) is 44.7 Å². The van der Waals surface area contributed by atoms with Gasteiger partial charge in [0, 0.05) is 26.7 Å². The van der Waals surface area contributed by atoms with E-state index in [4.69, 9.17) is 34.8 Å². The monoisotopic (exact) mass is 443 g/mol. The van der Waals surface area contributed by atoms with Crippen LogP contribution in [0, 0.1) is 0 Å². The molecule has 7 heteroatoms. The van der Waals surface area contributed by atoms with Crippen molar-refractivity contribution in [1.82, 2.24) is 5.01 Å². The van der Waals surface area contributed by atoms with E-state index in [0.29, 0.717) is 27.3 Å². The normalized spacial score (nSPS) is 15.9. The van der Waals surface area contributed by atoms with Crippen LogP contribution >= 0.6 is 34.8 Å². The maximum absolute atomic E-state index is 12.8. The van der Waals surface area contributed by atoms with Gasteiger partial charge in [0.25, 0.3) is 0 Å². The number of carbonyl (C=O) groups excluding carboxylic acids is 1. The Hall–Kier alpha value is -2.53. The van der Waals surface area contributed by atoms with E-state index in [1.54, 1.807) is 18.2 Å². The molecule has 1 heterocycles. The molecule has 146 valence electrons. The smallest absolute Gasteiger partial charge is 0.306 e. The lowest BCUT2D eigenvalue weighted by molar-refractivity contribution is 0.218. The average Bonchev–Trinajstić information content (AvgIpc) is 3.14. The molecule has 3 aromatic rings. The van der Waals surface area contributed by atoms with E-state index in [9.17, 15) is 4.79 Å². The molecule has 0 saturated heterocycles. The molecule has 1 unspecified atom stereocenters. The van der Waals surface area contributed by atoms with Crippen LogP contribution in [0.5, 0.6) is 0 Å². The zero-order chi connectivity index (χ0) is 20.4. The highest BCUT2D eigenvalue weighted by Gasteiger charge is 2.32. The number of nitrogens with one attached hydrogen (secondary N) is 1. The fourth-order valence-electron chi connectivity index (χ4n) is 3.27. The summed E-state index contributed by atoms with van der Waals surface area (Å²) in [5.41, 5.74) is 3.33. The zero-order valence-corrected chi connectivity index (χ0v) is 17.4. The highest BCUT2D eigenvalue weighted by molar-refractivity contribution is 6.35. The van der Waals surface area contributed by atoms with Crippen LogP contribution in [-0.2, 0) is 0 Å². The zero-order valence-electron chi connectivity index (χ0n) is 15.1. The van der Waals surface area contributed by atoms with Crippen LogP contribution < -0.4 is 5.32 Å². The van der Waals surface area contributed by atoms with Crippen LogP contribution in [0.3, 0.4) is 0 Å². The molecule has 2 amide bonds. The summed E-state index contributed by atoms with van der Waals surface area (Å²) < 4.78 is 0. The lowest BCUT2D eigenvalue weighted by Gasteiger charge is -2.16. The van der Waals surface area contributed by atoms with Crippen molar-refractivity contribution in [2.75, 3.05) is 11.9 Å². The van der Waals surface area contributed by atoms with Gasteiger partial charge in [0.05, 0.1) is 12.3 Å². The number of halogens is 3. The van der Waals surface area contributed by atoms with E-state index in [-0.39, 0.29) is 11.9 Å². The van der Waals surface area contributed by atoms with Gasteiger partial charge in [-0.2, -0.15) is 5.10 Å². The van der Waals surface area contributed by atoms with Crippen LogP contribution in [0.15, 0.2) is 77.9 Å². The van der Waals surface area contributed by atoms with Crippen molar-refractivity contribution < 1.29 is 4.79 Å². The summed E-state index contributed by atoms with van der Waals surface area (Å²) >= 11 is 18.1. The van der Waals surface area contributed by atoms with Crippen LogP contribution in [0.1, 0.15) is 17.0 Å². The van der Waals surface area contributed by atoms with Gasteiger partial charge in [0.2, 0.25) is 0 Å². The number of hydrogen-bond donors (Lipinski definition) is 1. The minimum absolute atomic E-state index is 0.0499. The average molecular weight is 445 g/mol. The second kappa shape index (κ2) is 8.46. The van der Waals surface area contributed by atoms with Gasteiger partial charge in [-0.25, -0.2) is 9.80 Å². The number of hydrogen-bond acceptors (Lipinski definition) is 2. The Morgan fingerprint density at radius 1 is 0.897 bits per heavy atom. The van der Waals surface area contributed by atoms with E-state index in [1.807, 2.05) is 54.6 Å². The Morgan fingerprint density at radius 3 is 2.21 bits per heavy atom. The molecule has 1 N–H and O–H groups in total. The predicted octanol–water partition coefficient (Wildman–Crippen LogP) is 6.68. The highest BCUT2D eigenvalue weighted by atomic mass is 35.5. The second-order valence-electron chi connectivity index (χ2n) is 6.63. The molecule has 0 fully saturated rings. The molecule has 4 rings (SSSR count). The Bertz CT molecular complexity index is 1050. The first-order valence-electron chi connectivity index (χ1n) is 8.93. The van der Waals surface area contributed by atoms with E-state index in [2.05, 4.69) is 10.4 Å². The van der Waals surface area contributed by atoms with E-state index >= 15 is 0 Å². The third kappa shape index (κ3) is 4.56. The summed E-state index contributed by atoms with van der Waals surface area (Å²) in [5.74, 6) is -0.0499. The largest absolute Gasteiger partial charge is 0.342 e. The Morgan fingerprint density at radius 2 is 1.55 bits per heavy atom. The maximum atomic E-state index is 12.8.